The standard InChI is InChI=1S/C5H8N4OS/c1-6-4(10)3-7-5(11)9(2)8-3/h1-2H3,(H,6,10)(H,7,8,11). The molecule has 0 spiro atoms. The third-order valence-electron chi connectivity index (χ3n) is 1.21. The van der Waals surface area contributed by atoms with E-state index in [9.17, 15) is 4.79 Å². The van der Waals surface area contributed by atoms with E-state index in [1.54, 1.807) is 7.05 Å². The van der Waals surface area contributed by atoms with Gasteiger partial charge in [0.15, 0.2) is 4.77 Å². The first-order valence-corrected chi connectivity index (χ1v) is 3.41. The maximum absolute atomic E-state index is 10.9. The van der Waals surface area contributed by atoms with E-state index in [1.807, 2.05) is 0 Å². The van der Waals surface area contributed by atoms with Crippen LogP contribution in [0.4, 0.5) is 0 Å². The van der Waals surface area contributed by atoms with E-state index in [4.69, 9.17) is 12.2 Å². The van der Waals surface area contributed by atoms with Crippen LogP contribution in [0.1, 0.15) is 10.6 Å². The van der Waals surface area contributed by atoms with Gasteiger partial charge in [-0.2, -0.15) is 0 Å². The Bertz CT molecular complexity index is 325. The van der Waals surface area contributed by atoms with Gasteiger partial charge >= 0.3 is 0 Å². The van der Waals surface area contributed by atoms with Crippen molar-refractivity contribution in [3.05, 3.63) is 10.6 Å². The Kier molecular flexibility index (Phi) is 2.04. The third-order valence-corrected chi connectivity index (χ3v) is 1.58. The van der Waals surface area contributed by atoms with Crippen molar-refractivity contribution < 1.29 is 4.79 Å². The number of amides is 1. The summed E-state index contributed by atoms with van der Waals surface area (Å²) in [5, 5.41) is 6.26. The minimum absolute atomic E-state index is 0.236. The predicted molar refractivity (Wildman–Crippen MR) is 41.8 cm³/mol. The summed E-state index contributed by atoms with van der Waals surface area (Å²) in [4.78, 5) is 13.6. The van der Waals surface area contributed by atoms with Crippen LogP contribution in [-0.4, -0.2) is 27.7 Å². The van der Waals surface area contributed by atoms with Crippen LogP contribution in [0.5, 0.6) is 0 Å². The van der Waals surface area contributed by atoms with E-state index in [1.165, 1.54) is 11.7 Å². The lowest BCUT2D eigenvalue weighted by atomic mass is 10.6. The first-order valence-electron chi connectivity index (χ1n) is 3.00. The molecular formula is C5H8N4OS. The van der Waals surface area contributed by atoms with Crippen molar-refractivity contribution in [3.8, 4) is 0 Å². The van der Waals surface area contributed by atoms with Crippen molar-refractivity contribution in [3.63, 3.8) is 0 Å². The van der Waals surface area contributed by atoms with E-state index < -0.39 is 0 Å². The van der Waals surface area contributed by atoms with Crippen LogP contribution in [0, 0.1) is 4.77 Å². The Labute approximate surface area is 68.4 Å². The highest BCUT2D eigenvalue weighted by Gasteiger charge is 2.06. The molecule has 6 heteroatoms. The number of H-pyrrole nitrogens is 1. The van der Waals surface area contributed by atoms with Crippen molar-refractivity contribution >= 4 is 18.1 Å². The number of aromatic nitrogens is 3. The summed E-state index contributed by atoms with van der Waals surface area (Å²) in [6, 6.07) is 0. The van der Waals surface area contributed by atoms with E-state index in [0.717, 1.165) is 0 Å². The number of aryl methyl sites for hydroxylation is 1. The Morgan fingerprint density at radius 3 is 2.82 bits per heavy atom. The molecule has 0 fully saturated rings. The molecule has 0 unspecified atom stereocenters. The normalized spacial score (nSPS) is 9.64. The number of carbonyl (C=O) groups excluding carboxylic acids is 1. The minimum Gasteiger partial charge on any atom is -0.352 e. The fourth-order valence-electron chi connectivity index (χ4n) is 0.623. The molecule has 60 valence electrons. The van der Waals surface area contributed by atoms with Crippen LogP contribution in [0.2, 0.25) is 0 Å². The highest BCUT2D eigenvalue weighted by atomic mass is 32.1. The maximum atomic E-state index is 10.9. The summed E-state index contributed by atoms with van der Waals surface area (Å²) in [5.41, 5.74) is 0. The topological polar surface area (TPSA) is 62.7 Å². The zero-order valence-corrected chi connectivity index (χ0v) is 7.03. The Balaban J connectivity index is 3.07. The van der Waals surface area contributed by atoms with Crippen LogP contribution >= 0.6 is 12.2 Å². The van der Waals surface area contributed by atoms with Crippen LogP contribution in [0.3, 0.4) is 0 Å². The monoisotopic (exact) mass is 172 g/mol. The molecule has 0 aliphatic carbocycles. The smallest absolute Gasteiger partial charge is 0.288 e. The number of carbonyl (C=O) groups is 1. The average molecular weight is 172 g/mol. The molecule has 0 aliphatic rings. The SMILES string of the molecule is CNC(=O)c1nn(C)c(=S)[nH]1. The summed E-state index contributed by atoms with van der Waals surface area (Å²) in [6.45, 7) is 0. The molecule has 1 rings (SSSR count). The Morgan fingerprint density at radius 2 is 2.45 bits per heavy atom. The Hall–Kier alpha value is -1.17. The van der Waals surface area contributed by atoms with E-state index in [2.05, 4.69) is 15.4 Å². The van der Waals surface area contributed by atoms with Crippen LogP contribution in [-0.2, 0) is 7.05 Å². The fraction of sp³-hybridized carbons (Fsp3) is 0.400. The highest BCUT2D eigenvalue weighted by Crippen LogP contribution is 1.89. The van der Waals surface area contributed by atoms with Crippen LogP contribution < -0.4 is 5.32 Å². The number of nitrogens with zero attached hydrogens (tertiary/aromatic N) is 2. The number of nitrogens with one attached hydrogen (secondary N) is 2. The van der Waals surface area contributed by atoms with Crippen LogP contribution in [0.25, 0.3) is 0 Å². The lowest BCUT2D eigenvalue weighted by Crippen LogP contribution is -2.19. The summed E-state index contributed by atoms with van der Waals surface area (Å²) >= 11 is 4.81. The molecule has 11 heavy (non-hydrogen) atoms. The third kappa shape index (κ3) is 1.45. The zero-order chi connectivity index (χ0) is 8.43. The minimum atomic E-state index is -0.267. The second-order valence-corrected chi connectivity index (χ2v) is 2.37. The molecule has 0 aromatic carbocycles. The maximum Gasteiger partial charge on any atom is 0.288 e. The molecule has 0 saturated heterocycles. The van der Waals surface area contributed by atoms with Crippen molar-refractivity contribution in [2.45, 2.75) is 0 Å². The largest absolute Gasteiger partial charge is 0.352 e. The van der Waals surface area contributed by atoms with E-state index >= 15 is 0 Å². The van der Waals surface area contributed by atoms with Crippen LogP contribution in [0.15, 0.2) is 0 Å². The fourth-order valence-corrected chi connectivity index (χ4v) is 0.761. The van der Waals surface area contributed by atoms with E-state index in [-0.39, 0.29) is 11.7 Å². The van der Waals surface area contributed by atoms with Gasteiger partial charge in [-0.1, -0.05) is 0 Å². The van der Waals surface area contributed by atoms with Gasteiger partial charge in [-0.05, 0) is 12.2 Å². The molecule has 0 aliphatic heterocycles. The van der Waals surface area contributed by atoms with Crippen molar-refractivity contribution in [1.29, 1.82) is 0 Å². The van der Waals surface area contributed by atoms with Crippen molar-refractivity contribution in [2.75, 3.05) is 7.05 Å². The first kappa shape index (κ1) is 7.93. The molecule has 1 aromatic heterocycles. The summed E-state index contributed by atoms with van der Waals surface area (Å²) < 4.78 is 1.86. The van der Waals surface area contributed by atoms with Gasteiger partial charge in [-0.25, -0.2) is 4.68 Å². The first-order chi connectivity index (χ1) is 5.15. The average Bonchev–Trinajstić information content (AvgIpc) is 2.31. The molecule has 1 heterocycles. The van der Waals surface area contributed by atoms with Gasteiger partial charge < -0.3 is 10.3 Å². The summed E-state index contributed by atoms with van der Waals surface area (Å²) in [7, 11) is 3.21. The van der Waals surface area contributed by atoms with Gasteiger partial charge in [0, 0.05) is 14.1 Å². The lowest BCUT2D eigenvalue weighted by molar-refractivity contribution is 0.0952. The van der Waals surface area contributed by atoms with Gasteiger partial charge in [0.2, 0.25) is 5.82 Å². The van der Waals surface area contributed by atoms with Gasteiger partial charge in [-0.3, -0.25) is 4.79 Å². The molecule has 5 nitrogen and oxygen atoms in total. The predicted octanol–water partition coefficient (Wildman–Crippen LogP) is -0.163. The van der Waals surface area contributed by atoms with Gasteiger partial charge in [0.1, 0.15) is 0 Å². The second kappa shape index (κ2) is 2.83. The van der Waals surface area contributed by atoms with Crippen molar-refractivity contribution in [1.82, 2.24) is 20.1 Å². The number of hydrogen-bond acceptors (Lipinski definition) is 3. The quantitative estimate of drug-likeness (QED) is 0.578. The number of hydrogen-bond donors (Lipinski definition) is 2. The molecule has 1 amide bonds. The zero-order valence-electron chi connectivity index (χ0n) is 6.21. The summed E-state index contributed by atoms with van der Waals surface area (Å²) in [5.74, 6) is -0.0308. The van der Waals surface area contributed by atoms with Crippen molar-refractivity contribution in [2.24, 2.45) is 7.05 Å². The molecule has 1 aromatic rings. The summed E-state index contributed by atoms with van der Waals surface area (Å²) in [6.07, 6.45) is 0. The number of rotatable bonds is 1. The lowest BCUT2D eigenvalue weighted by Gasteiger charge is -1.89. The molecule has 0 atom stereocenters. The molecule has 0 bridgehead atoms. The molecule has 0 radical (unpaired) electrons. The second-order valence-electron chi connectivity index (χ2n) is 1.98. The molecule has 0 saturated carbocycles. The molecule has 2 N–H and O–H groups in total. The number of aromatic amines is 1. The van der Waals surface area contributed by atoms with Gasteiger partial charge in [0.05, 0.1) is 0 Å². The van der Waals surface area contributed by atoms with Gasteiger partial charge in [-0.15, -0.1) is 5.10 Å². The molecular weight excluding hydrogens is 164 g/mol. The van der Waals surface area contributed by atoms with Gasteiger partial charge in [0.25, 0.3) is 5.91 Å². The van der Waals surface area contributed by atoms with E-state index in [0.29, 0.717) is 4.77 Å². The Morgan fingerprint density at radius 1 is 1.82 bits per heavy atom. The highest BCUT2D eigenvalue weighted by molar-refractivity contribution is 7.71.